The first-order chi connectivity index (χ1) is 23.6. The second-order valence-corrected chi connectivity index (χ2v) is 14.0. The molecule has 8 rings (SSSR count). The van der Waals surface area contributed by atoms with Gasteiger partial charge in [0.05, 0.1) is 33.3 Å². The molecular formula is C39H23BrCl2N2O5. The van der Waals surface area contributed by atoms with E-state index < -0.39 is 39.4 Å². The molecule has 4 atom stereocenters. The van der Waals surface area contributed by atoms with Gasteiger partial charge < -0.3 is 0 Å². The van der Waals surface area contributed by atoms with Crippen LogP contribution in [0.3, 0.4) is 0 Å². The van der Waals surface area contributed by atoms with Crippen LogP contribution < -0.4 is 4.90 Å². The molecule has 49 heavy (non-hydrogen) atoms. The first-order valence-corrected chi connectivity index (χ1v) is 16.9. The fourth-order valence-corrected chi connectivity index (χ4v) is 9.18. The monoisotopic (exact) mass is 748 g/mol. The maximum atomic E-state index is 16.0. The number of carbonyl (C=O) groups excluding carboxylic acids is 3. The van der Waals surface area contributed by atoms with Crippen LogP contribution in [0.1, 0.15) is 22.3 Å². The molecule has 1 saturated carbocycles. The SMILES string of the molecule is O=C1[C@@H]2[C@@H](C(=O)N1c1ccc([N+](=O)[O-])cc1Br)[C@@]1(c3ccc(Cl)cc3)C(=O)[C@@]2(c2ccc(Cl)cc2)C(c2ccccc2)=C1c1ccccc1. The van der Waals surface area contributed by atoms with Gasteiger partial charge in [-0.15, -0.1) is 0 Å². The molecule has 0 radical (unpaired) electrons. The third kappa shape index (κ3) is 4.17. The summed E-state index contributed by atoms with van der Waals surface area (Å²) in [6, 6.07) is 36.6. The Hall–Kier alpha value is -4.89. The number of allylic oxidation sites excluding steroid dienone is 2. The van der Waals surface area contributed by atoms with Crippen LogP contribution in [0.15, 0.2) is 132 Å². The number of hydrogen-bond acceptors (Lipinski definition) is 5. The summed E-state index contributed by atoms with van der Waals surface area (Å²) in [6.45, 7) is 0. The minimum absolute atomic E-state index is 0.155. The van der Waals surface area contributed by atoms with E-state index in [0.717, 1.165) is 16.0 Å². The molecule has 2 bridgehead atoms. The van der Waals surface area contributed by atoms with Gasteiger partial charge in [-0.05, 0) is 79.7 Å². The summed E-state index contributed by atoms with van der Waals surface area (Å²) in [5.41, 5.74) is 0.477. The van der Waals surface area contributed by atoms with Crippen LogP contribution in [-0.2, 0) is 25.2 Å². The molecular weight excluding hydrogens is 727 g/mol. The van der Waals surface area contributed by atoms with Crippen molar-refractivity contribution >= 4 is 79.3 Å². The fourth-order valence-electron chi connectivity index (χ4n) is 8.39. The van der Waals surface area contributed by atoms with Crippen molar-refractivity contribution in [3.05, 3.63) is 174 Å². The van der Waals surface area contributed by atoms with Gasteiger partial charge in [-0.1, -0.05) is 108 Å². The number of amides is 2. The topological polar surface area (TPSA) is 97.6 Å². The quantitative estimate of drug-likeness (QED) is 0.0982. The lowest BCUT2D eigenvalue weighted by molar-refractivity contribution is -0.384. The van der Waals surface area contributed by atoms with Crippen molar-refractivity contribution in [1.82, 2.24) is 0 Å². The Kier molecular flexibility index (Phi) is 7.26. The number of non-ortho nitro benzene ring substituents is 1. The Bertz CT molecular complexity index is 2130. The van der Waals surface area contributed by atoms with Gasteiger partial charge in [0.25, 0.3) is 5.69 Å². The number of nitro benzene ring substituents is 1. The Morgan fingerprint density at radius 3 is 1.45 bits per heavy atom. The normalized spacial score (nSPS) is 24.1. The molecule has 5 aromatic rings. The smallest absolute Gasteiger partial charge is 0.270 e. The number of nitro groups is 1. The molecule has 1 heterocycles. The summed E-state index contributed by atoms with van der Waals surface area (Å²) < 4.78 is 0.197. The van der Waals surface area contributed by atoms with Crippen LogP contribution in [0.5, 0.6) is 0 Å². The zero-order valence-corrected chi connectivity index (χ0v) is 28.4. The predicted octanol–water partition coefficient (Wildman–Crippen LogP) is 8.85. The van der Waals surface area contributed by atoms with Gasteiger partial charge in [0.15, 0.2) is 5.78 Å². The van der Waals surface area contributed by atoms with Crippen molar-refractivity contribution < 1.29 is 19.3 Å². The summed E-state index contributed by atoms with van der Waals surface area (Å²) >= 11 is 16.2. The van der Waals surface area contributed by atoms with Crippen molar-refractivity contribution in [2.75, 3.05) is 4.90 Å². The van der Waals surface area contributed by atoms with E-state index in [-0.39, 0.29) is 21.6 Å². The highest BCUT2D eigenvalue weighted by atomic mass is 79.9. The lowest BCUT2D eigenvalue weighted by Crippen LogP contribution is -2.45. The average Bonchev–Trinajstić information content (AvgIpc) is 3.61. The molecule has 7 nitrogen and oxygen atoms in total. The van der Waals surface area contributed by atoms with Crippen LogP contribution in [0.2, 0.25) is 10.0 Å². The Balaban J connectivity index is 1.53. The van der Waals surface area contributed by atoms with Gasteiger partial charge in [0, 0.05) is 26.7 Å². The van der Waals surface area contributed by atoms with E-state index in [1.807, 2.05) is 60.7 Å². The summed E-state index contributed by atoms with van der Waals surface area (Å²) in [5, 5.41) is 12.5. The molecule has 2 amide bonds. The number of carbonyl (C=O) groups is 3. The van der Waals surface area contributed by atoms with Gasteiger partial charge in [-0.3, -0.25) is 24.5 Å². The van der Waals surface area contributed by atoms with Crippen LogP contribution in [-0.4, -0.2) is 22.5 Å². The number of hydrogen-bond donors (Lipinski definition) is 0. The van der Waals surface area contributed by atoms with Crippen molar-refractivity contribution in [3.63, 3.8) is 0 Å². The maximum absolute atomic E-state index is 16.0. The predicted molar refractivity (Wildman–Crippen MR) is 191 cm³/mol. The van der Waals surface area contributed by atoms with Crippen molar-refractivity contribution in [2.24, 2.45) is 11.8 Å². The first kappa shape index (κ1) is 31.4. The summed E-state index contributed by atoms with van der Waals surface area (Å²) in [6.07, 6.45) is 0. The minimum atomic E-state index is -1.63. The number of nitrogens with zero attached hydrogens (tertiary/aromatic N) is 2. The second kappa shape index (κ2) is 11.3. The molecule has 0 unspecified atom stereocenters. The molecule has 2 fully saturated rings. The number of benzene rings is 5. The first-order valence-electron chi connectivity index (χ1n) is 15.4. The number of halogens is 3. The molecule has 10 heteroatoms. The summed E-state index contributed by atoms with van der Waals surface area (Å²) in [5.74, 6) is -3.79. The van der Waals surface area contributed by atoms with Gasteiger partial charge >= 0.3 is 0 Å². The Morgan fingerprint density at radius 2 is 1.06 bits per heavy atom. The highest BCUT2D eigenvalue weighted by Crippen LogP contribution is 2.74. The molecule has 1 aliphatic heterocycles. The number of rotatable bonds is 6. The Labute approximate surface area is 299 Å². The highest BCUT2D eigenvalue weighted by Gasteiger charge is 2.82. The molecule has 240 valence electrons. The van der Waals surface area contributed by atoms with E-state index in [9.17, 15) is 10.1 Å². The van der Waals surface area contributed by atoms with E-state index in [2.05, 4.69) is 15.9 Å². The van der Waals surface area contributed by atoms with Gasteiger partial charge in [0.2, 0.25) is 11.8 Å². The molecule has 3 aliphatic rings. The van der Waals surface area contributed by atoms with E-state index in [1.54, 1.807) is 48.5 Å². The van der Waals surface area contributed by atoms with E-state index >= 15 is 14.4 Å². The third-order valence-corrected chi connectivity index (χ3v) is 11.2. The van der Waals surface area contributed by atoms with Gasteiger partial charge in [-0.25, -0.2) is 4.90 Å². The zero-order valence-electron chi connectivity index (χ0n) is 25.3. The lowest BCUT2D eigenvalue weighted by atomic mass is 9.59. The number of ketones is 1. The average molecular weight is 750 g/mol. The molecule has 0 aromatic heterocycles. The van der Waals surface area contributed by atoms with Crippen LogP contribution in [0.25, 0.3) is 11.1 Å². The van der Waals surface area contributed by atoms with Crippen molar-refractivity contribution in [1.29, 1.82) is 0 Å². The van der Waals surface area contributed by atoms with E-state index in [4.69, 9.17) is 23.2 Å². The fraction of sp³-hybridized carbons (Fsp3) is 0.103. The van der Waals surface area contributed by atoms with Gasteiger partial charge in [0.1, 0.15) is 0 Å². The maximum Gasteiger partial charge on any atom is 0.270 e. The van der Waals surface area contributed by atoms with Gasteiger partial charge in [-0.2, -0.15) is 0 Å². The van der Waals surface area contributed by atoms with E-state index in [1.165, 1.54) is 18.2 Å². The molecule has 0 N–H and O–H groups in total. The van der Waals surface area contributed by atoms with Crippen LogP contribution >= 0.6 is 39.1 Å². The Morgan fingerprint density at radius 1 is 0.633 bits per heavy atom. The van der Waals surface area contributed by atoms with Crippen molar-refractivity contribution in [2.45, 2.75) is 10.8 Å². The minimum Gasteiger partial charge on any atom is -0.297 e. The van der Waals surface area contributed by atoms with E-state index in [0.29, 0.717) is 32.3 Å². The van der Waals surface area contributed by atoms with Crippen LogP contribution in [0.4, 0.5) is 11.4 Å². The molecule has 0 spiro atoms. The number of fused-ring (bicyclic) bond motifs is 5. The number of imide groups is 1. The van der Waals surface area contributed by atoms with Crippen molar-refractivity contribution in [3.8, 4) is 0 Å². The summed E-state index contributed by atoms with van der Waals surface area (Å²) in [4.78, 5) is 58.3. The largest absolute Gasteiger partial charge is 0.297 e. The standard InChI is InChI=1S/C39H23BrCl2N2O5/c40-29-21-28(44(48)49)19-20-30(29)43-35(45)33-34(36(43)46)39(25-13-17-27(42)18-14-25)32(23-9-5-2-6-10-23)31(22-7-3-1-4-8-22)38(33,37(39)47)24-11-15-26(41)16-12-24/h1-21,33-34H/t33-,34-,38-,39-/m0/s1. The third-order valence-electron chi connectivity index (χ3n) is 10.1. The van der Waals surface area contributed by atoms with Crippen LogP contribution in [0, 0.1) is 22.0 Å². The highest BCUT2D eigenvalue weighted by molar-refractivity contribution is 9.10. The zero-order chi connectivity index (χ0) is 34.2. The number of anilines is 1. The molecule has 5 aromatic carbocycles. The molecule has 1 saturated heterocycles. The lowest BCUT2D eigenvalue weighted by Gasteiger charge is -2.39. The summed E-state index contributed by atoms with van der Waals surface area (Å²) in [7, 11) is 0. The second-order valence-electron chi connectivity index (χ2n) is 12.3. The number of Topliss-reactive ketones (excluding diaryl/α,β-unsaturated/α-hetero) is 1. The molecule has 2 aliphatic carbocycles.